The van der Waals surface area contributed by atoms with Gasteiger partial charge in [-0.1, -0.05) is 60.7 Å². The number of ether oxygens (including phenoxy) is 1. The summed E-state index contributed by atoms with van der Waals surface area (Å²) >= 11 is 0. The third kappa shape index (κ3) is 4.52. The quantitative estimate of drug-likeness (QED) is 0.357. The van der Waals surface area contributed by atoms with E-state index < -0.39 is 23.3 Å². The third-order valence-electron chi connectivity index (χ3n) is 4.50. The first-order valence-electron chi connectivity index (χ1n) is 9.18. The van der Waals surface area contributed by atoms with Crippen LogP contribution in [0.15, 0.2) is 82.5 Å². The van der Waals surface area contributed by atoms with Gasteiger partial charge < -0.3 is 9.30 Å². The Kier molecular flexibility index (Phi) is 6.22. The number of aryl methyl sites for hydroxylation is 1. The molecular formula is C23H20N2O5. The van der Waals surface area contributed by atoms with Gasteiger partial charge >= 0.3 is 11.7 Å². The number of carbonyl (C=O) groups excluding carboxylic acids is 2. The first kappa shape index (κ1) is 20.7. The summed E-state index contributed by atoms with van der Waals surface area (Å²) in [4.78, 5) is 49.3. The SMILES string of the molecule is Cn1cc(/C=C/C(=O)OC(C(=O)c2ccccc2)c2ccccc2)c(=O)n(C)c1=O. The molecule has 0 saturated heterocycles. The van der Waals surface area contributed by atoms with Crippen LogP contribution < -0.4 is 11.2 Å². The predicted octanol–water partition coefficient (Wildman–Crippen LogP) is 2.26. The molecular weight excluding hydrogens is 384 g/mol. The van der Waals surface area contributed by atoms with Gasteiger partial charge in [0.2, 0.25) is 5.78 Å². The van der Waals surface area contributed by atoms with Gasteiger partial charge in [-0.3, -0.25) is 14.2 Å². The maximum atomic E-state index is 12.9. The second kappa shape index (κ2) is 9.00. The molecule has 0 bridgehead atoms. The molecule has 1 heterocycles. The fraction of sp³-hybridized carbons (Fsp3) is 0.130. The first-order valence-corrected chi connectivity index (χ1v) is 9.18. The highest BCUT2D eigenvalue weighted by Crippen LogP contribution is 2.23. The van der Waals surface area contributed by atoms with Crippen molar-refractivity contribution in [3.05, 3.63) is 110 Å². The molecule has 7 heteroatoms. The summed E-state index contributed by atoms with van der Waals surface area (Å²) in [7, 11) is 2.85. The molecule has 1 atom stereocenters. The number of rotatable bonds is 6. The Hall–Kier alpha value is -4.00. The monoisotopic (exact) mass is 404 g/mol. The standard InChI is InChI=1S/C23H20N2O5/c1-24-15-18(22(28)25(2)23(24)29)13-14-19(26)30-21(17-11-7-4-8-12-17)20(27)16-9-5-3-6-10-16/h3-15,21H,1-2H3/b14-13+. The van der Waals surface area contributed by atoms with Crippen LogP contribution in [0, 0.1) is 0 Å². The van der Waals surface area contributed by atoms with E-state index in [1.54, 1.807) is 60.7 Å². The van der Waals surface area contributed by atoms with Crippen molar-refractivity contribution in [3.63, 3.8) is 0 Å². The van der Waals surface area contributed by atoms with E-state index in [0.717, 1.165) is 10.6 Å². The average Bonchev–Trinajstić information content (AvgIpc) is 2.78. The molecule has 0 spiro atoms. The van der Waals surface area contributed by atoms with Gasteiger partial charge in [0.25, 0.3) is 5.56 Å². The second-order valence-electron chi connectivity index (χ2n) is 6.63. The Morgan fingerprint density at radius 2 is 1.53 bits per heavy atom. The largest absolute Gasteiger partial charge is 0.446 e. The zero-order chi connectivity index (χ0) is 21.7. The van der Waals surface area contributed by atoms with Crippen LogP contribution >= 0.6 is 0 Å². The van der Waals surface area contributed by atoms with Gasteiger partial charge in [-0.15, -0.1) is 0 Å². The number of nitrogens with zero attached hydrogens (tertiary/aromatic N) is 2. The molecule has 1 aromatic heterocycles. The van der Waals surface area contributed by atoms with Gasteiger partial charge in [0, 0.05) is 37.5 Å². The summed E-state index contributed by atoms with van der Waals surface area (Å²) in [6, 6.07) is 17.2. The smallest absolute Gasteiger partial charge is 0.331 e. The highest BCUT2D eigenvalue weighted by molar-refractivity contribution is 6.01. The van der Waals surface area contributed by atoms with E-state index >= 15 is 0 Å². The molecule has 0 radical (unpaired) electrons. The molecule has 0 aliphatic carbocycles. The maximum absolute atomic E-state index is 12.9. The Labute approximate surface area is 172 Å². The number of carbonyl (C=O) groups is 2. The van der Waals surface area contributed by atoms with Crippen molar-refractivity contribution in [3.8, 4) is 0 Å². The van der Waals surface area contributed by atoms with Gasteiger partial charge in [-0.2, -0.15) is 0 Å². The number of benzene rings is 2. The summed E-state index contributed by atoms with van der Waals surface area (Å²) in [5.74, 6) is -1.15. The van der Waals surface area contributed by atoms with Crippen LogP contribution in [0.4, 0.5) is 0 Å². The van der Waals surface area contributed by atoms with Crippen molar-refractivity contribution in [2.45, 2.75) is 6.10 Å². The lowest BCUT2D eigenvalue weighted by atomic mass is 10.00. The Morgan fingerprint density at radius 1 is 0.933 bits per heavy atom. The van der Waals surface area contributed by atoms with E-state index in [-0.39, 0.29) is 11.3 Å². The van der Waals surface area contributed by atoms with Crippen LogP contribution in [-0.2, 0) is 23.6 Å². The summed E-state index contributed by atoms with van der Waals surface area (Å²) in [5.41, 5.74) is 0.0721. The van der Waals surface area contributed by atoms with Crippen LogP contribution in [0.5, 0.6) is 0 Å². The van der Waals surface area contributed by atoms with Crippen molar-refractivity contribution < 1.29 is 14.3 Å². The number of hydrogen-bond acceptors (Lipinski definition) is 5. The summed E-state index contributed by atoms with van der Waals surface area (Å²) < 4.78 is 7.62. The van der Waals surface area contributed by atoms with E-state index in [1.165, 1.54) is 30.9 Å². The lowest BCUT2D eigenvalue weighted by molar-refractivity contribution is -0.141. The van der Waals surface area contributed by atoms with Crippen LogP contribution in [0.3, 0.4) is 0 Å². The average molecular weight is 404 g/mol. The number of esters is 1. The normalized spacial score (nSPS) is 11.9. The lowest BCUT2D eigenvalue weighted by Crippen LogP contribution is -2.37. The van der Waals surface area contributed by atoms with Crippen LogP contribution in [-0.4, -0.2) is 20.9 Å². The van der Waals surface area contributed by atoms with E-state index in [4.69, 9.17) is 4.74 Å². The van der Waals surface area contributed by atoms with E-state index in [0.29, 0.717) is 11.1 Å². The molecule has 30 heavy (non-hydrogen) atoms. The molecule has 2 aromatic carbocycles. The summed E-state index contributed by atoms with van der Waals surface area (Å²) in [6.45, 7) is 0. The van der Waals surface area contributed by atoms with Crippen molar-refractivity contribution in [2.24, 2.45) is 14.1 Å². The second-order valence-corrected chi connectivity index (χ2v) is 6.63. The fourth-order valence-electron chi connectivity index (χ4n) is 2.92. The van der Waals surface area contributed by atoms with Crippen LogP contribution in [0.25, 0.3) is 6.08 Å². The summed E-state index contributed by atoms with van der Waals surface area (Å²) in [6.07, 6.45) is 2.53. The molecule has 0 amide bonds. The minimum absolute atomic E-state index is 0.141. The zero-order valence-electron chi connectivity index (χ0n) is 16.5. The topological polar surface area (TPSA) is 87.4 Å². The number of ketones is 1. The van der Waals surface area contributed by atoms with Crippen molar-refractivity contribution in [2.75, 3.05) is 0 Å². The van der Waals surface area contributed by atoms with Gasteiger partial charge in [0.1, 0.15) is 0 Å². The molecule has 152 valence electrons. The first-order chi connectivity index (χ1) is 14.4. The molecule has 0 saturated carbocycles. The molecule has 0 fully saturated rings. The van der Waals surface area contributed by atoms with Crippen LogP contribution in [0.2, 0.25) is 0 Å². The van der Waals surface area contributed by atoms with E-state index in [2.05, 4.69) is 0 Å². The molecule has 0 N–H and O–H groups in total. The third-order valence-corrected chi connectivity index (χ3v) is 4.50. The Morgan fingerprint density at radius 3 is 2.17 bits per heavy atom. The number of Topliss-reactive ketones (excluding diaryl/α,β-unsaturated/α-hetero) is 1. The molecule has 0 aliphatic rings. The molecule has 3 aromatic rings. The van der Waals surface area contributed by atoms with Gasteiger partial charge in [-0.25, -0.2) is 9.59 Å². The Balaban J connectivity index is 1.87. The van der Waals surface area contributed by atoms with E-state index in [1.807, 2.05) is 0 Å². The predicted molar refractivity (Wildman–Crippen MR) is 112 cm³/mol. The lowest BCUT2D eigenvalue weighted by Gasteiger charge is -2.16. The molecule has 3 rings (SSSR count). The Bertz CT molecular complexity index is 1210. The maximum Gasteiger partial charge on any atom is 0.331 e. The summed E-state index contributed by atoms with van der Waals surface area (Å²) in [5, 5.41) is 0. The van der Waals surface area contributed by atoms with Crippen molar-refractivity contribution in [1.82, 2.24) is 9.13 Å². The number of aromatic nitrogens is 2. The highest BCUT2D eigenvalue weighted by Gasteiger charge is 2.25. The highest BCUT2D eigenvalue weighted by atomic mass is 16.5. The molecule has 1 unspecified atom stereocenters. The zero-order valence-corrected chi connectivity index (χ0v) is 16.5. The number of hydrogen-bond donors (Lipinski definition) is 0. The van der Waals surface area contributed by atoms with Gasteiger partial charge in [0.05, 0.1) is 5.56 Å². The van der Waals surface area contributed by atoms with Crippen molar-refractivity contribution in [1.29, 1.82) is 0 Å². The van der Waals surface area contributed by atoms with Gasteiger partial charge in [0.15, 0.2) is 6.10 Å². The minimum atomic E-state index is -1.13. The molecule has 7 nitrogen and oxygen atoms in total. The van der Waals surface area contributed by atoms with Crippen molar-refractivity contribution >= 4 is 17.8 Å². The minimum Gasteiger partial charge on any atom is -0.446 e. The fourth-order valence-corrected chi connectivity index (χ4v) is 2.92. The van der Waals surface area contributed by atoms with E-state index in [9.17, 15) is 19.2 Å². The molecule has 0 aliphatic heterocycles. The van der Waals surface area contributed by atoms with Crippen LogP contribution in [0.1, 0.15) is 27.6 Å². The van der Waals surface area contributed by atoms with Gasteiger partial charge in [-0.05, 0) is 6.08 Å².